The topological polar surface area (TPSA) is 9.23 Å². The average molecular weight is 162 g/mol. The van der Waals surface area contributed by atoms with Gasteiger partial charge in [0.2, 0.25) is 0 Å². The maximum atomic E-state index is 4.96. The summed E-state index contributed by atoms with van der Waals surface area (Å²) in [6, 6.07) is 10.3. The van der Waals surface area contributed by atoms with Gasteiger partial charge in [0.1, 0.15) is 0 Å². The molecule has 1 nitrogen and oxygen atoms in total. The Labute approximate surface area is 73.7 Å². The summed E-state index contributed by atoms with van der Waals surface area (Å²) in [6.45, 7) is 2.77. The van der Waals surface area contributed by atoms with E-state index in [1.165, 1.54) is 11.1 Å². The quantitative estimate of drug-likeness (QED) is 0.664. The number of allylic oxidation sites excluding steroid dienone is 1. The van der Waals surface area contributed by atoms with Gasteiger partial charge < -0.3 is 4.74 Å². The zero-order chi connectivity index (χ0) is 8.81. The molecule has 0 fully saturated rings. The number of ether oxygens (including phenoxy) is 1. The fraction of sp³-hybridized carbons (Fsp3) is 0.273. The van der Waals surface area contributed by atoms with Crippen LogP contribution >= 0.6 is 0 Å². The van der Waals surface area contributed by atoms with Crippen LogP contribution in [0.4, 0.5) is 0 Å². The van der Waals surface area contributed by atoms with Gasteiger partial charge in [0.15, 0.2) is 0 Å². The van der Waals surface area contributed by atoms with E-state index in [9.17, 15) is 0 Å². The molecule has 64 valence electrons. The SMILES string of the molecule is COC/C=C(\C)c1ccccc1. The fourth-order valence-electron chi connectivity index (χ4n) is 1.03. The molecule has 0 unspecified atom stereocenters. The zero-order valence-electron chi connectivity index (χ0n) is 7.58. The lowest BCUT2D eigenvalue weighted by molar-refractivity contribution is 0.234. The summed E-state index contributed by atoms with van der Waals surface area (Å²) < 4.78 is 4.96. The number of hydrogen-bond donors (Lipinski definition) is 0. The molecule has 0 atom stereocenters. The predicted molar refractivity (Wildman–Crippen MR) is 52.0 cm³/mol. The molecule has 0 heterocycles. The van der Waals surface area contributed by atoms with Crippen molar-refractivity contribution in [2.75, 3.05) is 13.7 Å². The molecule has 0 N–H and O–H groups in total. The minimum absolute atomic E-state index is 0.681. The number of methoxy groups -OCH3 is 1. The second-order valence-electron chi connectivity index (χ2n) is 2.71. The molecule has 1 rings (SSSR count). The molecule has 0 amide bonds. The third-order valence-corrected chi connectivity index (χ3v) is 1.79. The van der Waals surface area contributed by atoms with Gasteiger partial charge in [-0.15, -0.1) is 0 Å². The van der Waals surface area contributed by atoms with Gasteiger partial charge in [0, 0.05) is 7.11 Å². The summed E-state index contributed by atoms with van der Waals surface area (Å²) in [7, 11) is 1.70. The highest BCUT2D eigenvalue weighted by Gasteiger charge is 1.91. The third kappa shape index (κ3) is 2.51. The molecule has 0 spiro atoms. The van der Waals surface area contributed by atoms with Gasteiger partial charge in [-0.1, -0.05) is 36.4 Å². The first-order valence-electron chi connectivity index (χ1n) is 4.05. The van der Waals surface area contributed by atoms with Crippen LogP contribution in [0, 0.1) is 0 Å². The lowest BCUT2D eigenvalue weighted by Gasteiger charge is -1.99. The minimum Gasteiger partial charge on any atom is -0.381 e. The Morgan fingerprint density at radius 3 is 2.58 bits per heavy atom. The first-order valence-corrected chi connectivity index (χ1v) is 4.05. The Kier molecular flexibility index (Phi) is 3.55. The van der Waals surface area contributed by atoms with Gasteiger partial charge >= 0.3 is 0 Å². The fourth-order valence-corrected chi connectivity index (χ4v) is 1.03. The maximum absolute atomic E-state index is 4.96. The van der Waals surface area contributed by atoms with E-state index in [-0.39, 0.29) is 0 Å². The predicted octanol–water partition coefficient (Wildman–Crippen LogP) is 2.74. The number of hydrogen-bond acceptors (Lipinski definition) is 1. The first kappa shape index (κ1) is 9.01. The highest BCUT2D eigenvalue weighted by atomic mass is 16.5. The Hall–Kier alpha value is -1.08. The van der Waals surface area contributed by atoms with Crippen LogP contribution in [0.15, 0.2) is 36.4 Å². The van der Waals surface area contributed by atoms with Crippen molar-refractivity contribution in [1.82, 2.24) is 0 Å². The highest BCUT2D eigenvalue weighted by molar-refractivity contribution is 5.63. The molecule has 1 aromatic carbocycles. The molecule has 0 radical (unpaired) electrons. The molecule has 0 aliphatic rings. The van der Waals surface area contributed by atoms with E-state index in [2.05, 4.69) is 25.1 Å². The van der Waals surface area contributed by atoms with Crippen LogP contribution in [0.5, 0.6) is 0 Å². The van der Waals surface area contributed by atoms with E-state index in [4.69, 9.17) is 4.74 Å². The van der Waals surface area contributed by atoms with Gasteiger partial charge in [-0.05, 0) is 18.1 Å². The molecule has 1 aromatic rings. The maximum Gasteiger partial charge on any atom is 0.0649 e. The van der Waals surface area contributed by atoms with Crippen molar-refractivity contribution in [2.24, 2.45) is 0 Å². The van der Waals surface area contributed by atoms with Gasteiger partial charge in [-0.3, -0.25) is 0 Å². The van der Waals surface area contributed by atoms with Crippen molar-refractivity contribution < 1.29 is 4.74 Å². The van der Waals surface area contributed by atoms with Crippen LogP contribution in [0.2, 0.25) is 0 Å². The monoisotopic (exact) mass is 162 g/mol. The standard InChI is InChI=1S/C11H14O/c1-10(8-9-12-2)11-6-4-3-5-7-11/h3-8H,9H2,1-2H3/b10-8+. The highest BCUT2D eigenvalue weighted by Crippen LogP contribution is 2.11. The zero-order valence-corrected chi connectivity index (χ0v) is 7.58. The lowest BCUT2D eigenvalue weighted by Crippen LogP contribution is -1.84. The summed E-state index contributed by atoms with van der Waals surface area (Å²) in [4.78, 5) is 0. The molecule has 12 heavy (non-hydrogen) atoms. The number of rotatable bonds is 3. The molecular weight excluding hydrogens is 148 g/mol. The molecule has 0 saturated heterocycles. The summed E-state index contributed by atoms with van der Waals surface area (Å²) in [5.74, 6) is 0. The average Bonchev–Trinajstić information content (AvgIpc) is 2.15. The van der Waals surface area contributed by atoms with Crippen molar-refractivity contribution in [3.05, 3.63) is 42.0 Å². The van der Waals surface area contributed by atoms with Crippen LogP contribution in [0.1, 0.15) is 12.5 Å². The third-order valence-electron chi connectivity index (χ3n) is 1.79. The molecule has 0 bridgehead atoms. The van der Waals surface area contributed by atoms with Gasteiger partial charge in [-0.2, -0.15) is 0 Å². The second-order valence-corrected chi connectivity index (χ2v) is 2.71. The minimum atomic E-state index is 0.681. The van der Waals surface area contributed by atoms with E-state index in [1.807, 2.05) is 18.2 Å². The van der Waals surface area contributed by atoms with Crippen molar-refractivity contribution in [2.45, 2.75) is 6.92 Å². The van der Waals surface area contributed by atoms with Crippen molar-refractivity contribution in [3.63, 3.8) is 0 Å². The van der Waals surface area contributed by atoms with Crippen LogP contribution in [-0.2, 0) is 4.74 Å². The van der Waals surface area contributed by atoms with Gasteiger partial charge in [0.05, 0.1) is 6.61 Å². The molecule has 0 aromatic heterocycles. The van der Waals surface area contributed by atoms with E-state index in [0.717, 1.165) is 0 Å². The second kappa shape index (κ2) is 4.73. The molecule has 0 saturated carbocycles. The van der Waals surface area contributed by atoms with Gasteiger partial charge in [0.25, 0.3) is 0 Å². The van der Waals surface area contributed by atoms with Crippen LogP contribution in [0.25, 0.3) is 5.57 Å². The summed E-state index contributed by atoms with van der Waals surface area (Å²) >= 11 is 0. The molecular formula is C11H14O. The Morgan fingerprint density at radius 1 is 1.33 bits per heavy atom. The van der Waals surface area contributed by atoms with E-state index in [0.29, 0.717) is 6.61 Å². The smallest absolute Gasteiger partial charge is 0.0649 e. The summed E-state index contributed by atoms with van der Waals surface area (Å²) in [5.41, 5.74) is 2.52. The van der Waals surface area contributed by atoms with E-state index >= 15 is 0 Å². The Morgan fingerprint density at radius 2 is 2.00 bits per heavy atom. The normalized spacial score (nSPS) is 11.7. The van der Waals surface area contributed by atoms with Crippen LogP contribution in [-0.4, -0.2) is 13.7 Å². The first-order chi connectivity index (χ1) is 5.84. The van der Waals surface area contributed by atoms with E-state index < -0.39 is 0 Å². The van der Waals surface area contributed by atoms with Crippen molar-refractivity contribution in [1.29, 1.82) is 0 Å². The van der Waals surface area contributed by atoms with Crippen molar-refractivity contribution >= 4 is 5.57 Å². The number of benzene rings is 1. The Bertz CT molecular complexity index is 249. The summed E-state index contributed by atoms with van der Waals surface area (Å²) in [6.07, 6.45) is 2.08. The Balaban J connectivity index is 2.71. The largest absolute Gasteiger partial charge is 0.381 e. The van der Waals surface area contributed by atoms with Gasteiger partial charge in [-0.25, -0.2) is 0 Å². The summed E-state index contributed by atoms with van der Waals surface area (Å²) in [5, 5.41) is 0. The van der Waals surface area contributed by atoms with Crippen LogP contribution < -0.4 is 0 Å². The molecule has 0 aliphatic carbocycles. The van der Waals surface area contributed by atoms with Crippen molar-refractivity contribution in [3.8, 4) is 0 Å². The van der Waals surface area contributed by atoms with Crippen LogP contribution in [0.3, 0.4) is 0 Å². The molecule has 1 heteroatoms. The molecule has 0 aliphatic heterocycles. The van der Waals surface area contributed by atoms with E-state index in [1.54, 1.807) is 7.11 Å². The lowest BCUT2D eigenvalue weighted by atomic mass is 10.1.